The first-order chi connectivity index (χ1) is 17.4. The highest BCUT2D eigenvalue weighted by atomic mass is 19.4. The summed E-state index contributed by atoms with van der Waals surface area (Å²) in [7, 11) is 0. The van der Waals surface area contributed by atoms with Gasteiger partial charge in [-0.25, -0.2) is 9.59 Å². The molecule has 0 aromatic heterocycles. The minimum absolute atomic E-state index is 0.0300. The molecule has 0 amide bonds. The number of halogens is 6. The van der Waals surface area contributed by atoms with Gasteiger partial charge in [0.1, 0.15) is 37.9 Å². The van der Waals surface area contributed by atoms with Crippen LogP contribution in [0.5, 0.6) is 11.5 Å². The highest BCUT2D eigenvalue weighted by Crippen LogP contribution is 2.56. The van der Waals surface area contributed by atoms with E-state index in [1.54, 1.807) is 0 Å². The van der Waals surface area contributed by atoms with E-state index in [2.05, 4.69) is 22.6 Å². The van der Waals surface area contributed by atoms with Crippen molar-refractivity contribution in [3.63, 3.8) is 0 Å². The minimum atomic E-state index is -5.77. The Labute approximate surface area is 208 Å². The number of esters is 2. The summed E-state index contributed by atoms with van der Waals surface area (Å²) in [6.45, 7) is 5.63. The van der Waals surface area contributed by atoms with Gasteiger partial charge in [0.05, 0.1) is 0 Å². The van der Waals surface area contributed by atoms with Crippen LogP contribution in [-0.4, -0.2) is 50.7 Å². The van der Waals surface area contributed by atoms with E-state index < -0.39 is 40.8 Å². The zero-order valence-corrected chi connectivity index (χ0v) is 19.2. The lowest BCUT2D eigenvalue weighted by molar-refractivity contribution is -0.288. The van der Waals surface area contributed by atoms with E-state index in [1.165, 1.54) is 0 Å². The Hall–Kier alpha value is -3.96. The summed E-state index contributed by atoms with van der Waals surface area (Å²) in [5.74, 6) is -1.49. The van der Waals surface area contributed by atoms with Crippen LogP contribution < -0.4 is 9.47 Å². The largest absolute Gasteiger partial charge is 0.490 e. The van der Waals surface area contributed by atoms with Crippen molar-refractivity contribution < 1.29 is 54.9 Å². The van der Waals surface area contributed by atoms with Gasteiger partial charge >= 0.3 is 24.3 Å². The van der Waals surface area contributed by atoms with Crippen LogP contribution in [0.4, 0.5) is 26.3 Å². The van der Waals surface area contributed by atoms with Crippen molar-refractivity contribution in [2.24, 2.45) is 0 Å². The molecule has 6 nitrogen and oxygen atoms in total. The molecule has 12 heteroatoms. The number of hydrogen-bond donors (Lipinski definition) is 0. The Morgan fingerprint density at radius 2 is 0.946 bits per heavy atom. The molecular formula is C25H22F6O6. The van der Waals surface area contributed by atoms with Gasteiger partial charge in [-0.3, -0.25) is 0 Å². The number of ether oxygens (including phenoxy) is 4. The average Bonchev–Trinajstić information content (AvgIpc) is 2.84. The van der Waals surface area contributed by atoms with Crippen LogP contribution in [0, 0.1) is 0 Å². The lowest BCUT2D eigenvalue weighted by Crippen LogP contribution is -2.54. The number of carbonyl (C=O) groups is 2. The van der Waals surface area contributed by atoms with Gasteiger partial charge in [-0.2, -0.15) is 26.3 Å². The molecule has 0 N–H and O–H groups in total. The molecule has 0 aliphatic carbocycles. The van der Waals surface area contributed by atoms with Crippen LogP contribution in [0.1, 0.15) is 11.1 Å². The van der Waals surface area contributed by atoms with Crippen molar-refractivity contribution in [1.82, 2.24) is 0 Å². The number of rotatable bonds is 12. The summed E-state index contributed by atoms with van der Waals surface area (Å²) >= 11 is 0. The number of alkyl halides is 6. The van der Waals surface area contributed by atoms with E-state index in [0.29, 0.717) is 24.3 Å². The Morgan fingerprint density at radius 3 is 1.22 bits per heavy atom. The monoisotopic (exact) mass is 532 g/mol. The average molecular weight is 532 g/mol. The quantitative estimate of drug-likeness (QED) is 0.160. The topological polar surface area (TPSA) is 71.1 Å². The van der Waals surface area contributed by atoms with Gasteiger partial charge in [-0.15, -0.1) is 0 Å². The summed E-state index contributed by atoms with van der Waals surface area (Å²) in [5, 5.41) is 0. The van der Waals surface area contributed by atoms with Crippen LogP contribution in [0.2, 0.25) is 0 Å². The standard InChI is InChI=1S/C25H22F6O6/c1-3-21(32)36-15-13-34-19-9-5-17(6-10-19)23(24(26,27)28,25(29,30)31)18-7-11-20(12-8-18)35-14-16-37-22(33)4-2/h3-12H,1-2,13-16H2. The van der Waals surface area contributed by atoms with E-state index in [4.69, 9.17) is 9.47 Å². The maximum absolute atomic E-state index is 14.3. The van der Waals surface area contributed by atoms with Gasteiger partial charge in [0.2, 0.25) is 5.41 Å². The lowest BCUT2D eigenvalue weighted by Gasteiger charge is -2.38. The van der Waals surface area contributed by atoms with Gasteiger partial charge in [0.25, 0.3) is 0 Å². The molecule has 2 aromatic carbocycles. The first kappa shape index (κ1) is 29.3. The van der Waals surface area contributed by atoms with Crippen molar-refractivity contribution in [3.05, 3.63) is 85.0 Å². The van der Waals surface area contributed by atoms with Gasteiger partial charge in [0.15, 0.2) is 0 Å². The van der Waals surface area contributed by atoms with Crippen LogP contribution in [-0.2, 0) is 24.5 Å². The van der Waals surface area contributed by atoms with Gasteiger partial charge in [0, 0.05) is 12.2 Å². The van der Waals surface area contributed by atoms with Crippen molar-refractivity contribution in [3.8, 4) is 11.5 Å². The Kier molecular flexibility index (Phi) is 9.75. The number of benzene rings is 2. The molecule has 0 aliphatic rings. The van der Waals surface area contributed by atoms with Crippen LogP contribution in [0.15, 0.2) is 73.8 Å². The molecular weight excluding hydrogens is 510 g/mol. The highest BCUT2D eigenvalue weighted by Gasteiger charge is 2.72. The zero-order valence-electron chi connectivity index (χ0n) is 19.2. The molecule has 0 spiro atoms. The molecule has 2 rings (SSSR count). The molecule has 0 heterocycles. The molecule has 37 heavy (non-hydrogen) atoms. The Bertz CT molecular complexity index is 987. The smallest absolute Gasteiger partial charge is 0.411 e. The second-order valence-corrected chi connectivity index (χ2v) is 7.23. The van der Waals surface area contributed by atoms with Gasteiger partial charge in [-0.05, 0) is 35.4 Å². The zero-order chi connectivity index (χ0) is 27.7. The van der Waals surface area contributed by atoms with E-state index in [0.717, 1.165) is 36.4 Å². The summed E-state index contributed by atoms with van der Waals surface area (Å²) < 4.78 is 105. The Morgan fingerprint density at radius 1 is 0.622 bits per heavy atom. The minimum Gasteiger partial charge on any atom is -0.490 e. The molecule has 200 valence electrons. The number of hydrogen-bond acceptors (Lipinski definition) is 6. The molecule has 0 aliphatic heterocycles. The maximum atomic E-state index is 14.3. The Balaban J connectivity index is 2.31. The van der Waals surface area contributed by atoms with Crippen molar-refractivity contribution in [2.45, 2.75) is 17.8 Å². The molecule has 0 bridgehead atoms. The predicted octanol–water partition coefficient (Wildman–Crippen LogP) is 5.31. The fourth-order valence-corrected chi connectivity index (χ4v) is 3.31. The summed E-state index contributed by atoms with van der Waals surface area (Å²) in [5.41, 5.74) is -6.51. The maximum Gasteiger partial charge on any atom is 0.411 e. The normalized spacial score (nSPS) is 11.8. The molecule has 0 saturated heterocycles. The summed E-state index contributed by atoms with van der Waals surface area (Å²) in [4.78, 5) is 22.0. The van der Waals surface area contributed by atoms with E-state index in [9.17, 15) is 35.9 Å². The van der Waals surface area contributed by atoms with Crippen LogP contribution >= 0.6 is 0 Å². The molecule has 0 atom stereocenters. The summed E-state index contributed by atoms with van der Waals surface area (Å²) in [6, 6.07) is 6.51. The highest BCUT2D eigenvalue weighted by molar-refractivity contribution is 5.81. The predicted molar refractivity (Wildman–Crippen MR) is 119 cm³/mol. The van der Waals surface area contributed by atoms with Crippen LogP contribution in [0.3, 0.4) is 0 Å². The SMILES string of the molecule is C=CC(=O)OCCOc1ccc(C(c2ccc(OCCOC(=O)C=C)cc2)(C(F)(F)F)C(F)(F)F)cc1. The fourth-order valence-electron chi connectivity index (χ4n) is 3.31. The molecule has 0 saturated carbocycles. The first-order valence-corrected chi connectivity index (χ1v) is 10.5. The van der Waals surface area contributed by atoms with Gasteiger partial charge < -0.3 is 18.9 Å². The molecule has 0 unspecified atom stereocenters. The van der Waals surface area contributed by atoms with E-state index in [1.807, 2.05) is 0 Å². The lowest BCUT2D eigenvalue weighted by atomic mass is 9.73. The second-order valence-electron chi connectivity index (χ2n) is 7.23. The third-order valence-corrected chi connectivity index (χ3v) is 4.95. The van der Waals surface area contributed by atoms with Crippen LogP contribution in [0.25, 0.3) is 0 Å². The van der Waals surface area contributed by atoms with E-state index >= 15 is 0 Å². The fraction of sp³-hybridized carbons (Fsp3) is 0.280. The molecule has 0 fully saturated rings. The first-order valence-electron chi connectivity index (χ1n) is 10.5. The van der Waals surface area contributed by atoms with E-state index in [-0.39, 0.29) is 37.9 Å². The third kappa shape index (κ3) is 7.05. The third-order valence-electron chi connectivity index (χ3n) is 4.95. The molecule has 2 aromatic rings. The second kappa shape index (κ2) is 12.3. The van der Waals surface area contributed by atoms with Crippen molar-refractivity contribution >= 4 is 11.9 Å². The van der Waals surface area contributed by atoms with Crippen molar-refractivity contribution in [2.75, 3.05) is 26.4 Å². The number of carbonyl (C=O) groups excluding carboxylic acids is 2. The van der Waals surface area contributed by atoms with Gasteiger partial charge in [-0.1, -0.05) is 37.4 Å². The van der Waals surface area contributed by atoms with Crippen molar-refractivity contribution in [1.29, 1.82) is 0 Å². The molecule has 0 radical (unpaired) electrons. The summed E-state index contributed by atoms with van der Waals surface area (Å²) in [6.07, 6.45) is -9.70.